The van der Waals surface area contributed by atoms with E-state index in [4.69, 9.17) is 5.73 Å². The monoisotopic (exact) mass is 283 g/mol. The van der Waals surface area contributed by atoms with Crippen LogP contribution in [0, 0.1) is 0 Å². The smallest absolute Gasteiger partial charge is 0.0551 e. The van der Waals surface area contributed by atoms with Crippen molar-refractivity contribution in [3.8, 4) is 0 Å². The Morgan fingerprint density at radius 2 is 1.80 bits per heavy atom. The van der Waals surface area contributed by atoms with Crippen LogP contribution in [-0.2, 0) is 0 Å². The Hall–Kier alpha value is -1.25. The molecule has 0 heterocycles. The van der Waals surface area contributed by atoms with Gasteiger partial charge in [-0.15, -0.1) is 11.8 Å². The first-order valence-electron chi connectivity index (χ1n) is 7.27. The second-order valence-corrected chi connectivity index (χ2v) is 6.43. The van der Waals surface area contributed by atoms with Gasteiger partial charge in [0.1, 0.15) is 0 Å². The number of hydrogen-bond acceptors (Lipinski definition) is 2. The maximum Gasteiger partial charge on any atom is 0.0551 e. The Kier molecular flexibility index (Phi) is 4.13. The van der Waals surface area contributed by atoms with Gasteiger partial charge in [0.15, 0.2) is 0 Å². The SMILES string of the molecule is CSc1ccc(C(N)c2cccc(C3CCC3)c2)cc1. The molecule has 1 saturated carbocycles. The van der Waals surface area contributed by atoms with Crippen LogP contribution < -0.4 is 5.73 Å². The summed E-state index contributed by atoms with van der Waals surface area (Å²) in [7, 11) is 0. The average Bonchev–Trinajstić information content (AvgIpc) is 2.45. The summed E-state index contributed by atoms with van der Waals surface area (Å²) in [5.41, 5.74) is 10.3. The number of rotatable bonds is 4. The van der Waals surface area contributed by atoms with E-state index < -0.39 is 0 Å². The fraction of sp³-hybridized carbons (Fsp3) is 0.333. The molecule has 0 radical (unpaired) electrons. The second kappa shape index (κ2) is 6.02. The average molecular weight is 283 g/mol. The molecular formula is C18H21NS. The van der Waals surface area contributed by atoms with Crippen molar-refractivity contribution in [3.63, 3.8) is 0 Å². The van der Waals surface area contributed by atoms with Gasteiger partial charge in [0, 0.05) is 4.90 Å². The third-order valence-corrected chi connectivity index (χ3v) is 5.06. The molecule has 1 nitrogen and oxygen atoms in total. The van der Waals surface area contributed by atoms with E-state index in [9.17, 15) is 0 Å². The van der Waals surface area contributed by atoms with Crippen LogP contribution in [0.4, 0.5) is 0 Å². The minimum atomic E-state index is -0.0223. The molecule has 0 amide bonds. The highest BCUT2D eigenvalue weighted by Crippen LogP contribution is 2.37. The molecule has 2 aromatic carbocycles. The second-order valence-electron chi connectivity index (χ2n) is 5.55. The fourth-order valence-corrected chi connectivity index (χ4v) is 3.16. The van der Waals surface area contributed by atoms with Gasteiger partial charge in [-0.3, -0.25) is 0 Å². The van der Waals surface area contributed by atoms with Crippen LogP contribution in [0.25, 0.3) is 0 Å². The van der Waals surface area contributed by atoms with Gasteiger partial charge in [0.05, 0.1) is 6.04 Å². The van der Waals surface area contributed by atoms with Crippen LogP contribution in [0.15, 0.2) is 53.4 Å². The molecule has 0 aliphatic heterocycles. The standard InChI is InChI=1S/C18H21NS/c1-20-17-10-8-14(9-11-17)18(19)16-7-3-6-15(12-16)13-4-2-5-13/h3,6-13,18H,2,4-5,19H2,1H3. The van der Waals surface area contributed by atoms with Gasteiger partial charge in [0.2, 0.25) is 0 Å². The predicted octanol–water partition coefficient (Wildman–Crippen LogP) is 4.72. The normalized spacial score (nSPS) is 16.7. The van der Waals surface area contributed by atoms with E-state index in [0.717, 1.165) is 5.92 Å². The quantitative estimate of drug-likeness (QED) is 0.821. The lowest BCUT2D eigenvalue weighted by molar-refractivity contribution is 0.419. The number of hydrogen-bond donors (Lipinski definition) is 1. The molecule has 0 bridgehead atoms. The molecule has 1 atom stereocenters. The molecule has 2 heteroatoms. The van der Waals surface area contributed by atoms with E-state index in [0.29, 0.717) is 0 Å². The summed E-state index contributed by atoms with van der Waals surface area (Å²) in [5, 5.41) is 0. The lowest BCUT2D eigenvalue weighted by Gasteiger charge is -2.26. The number of thioether (sulfide) groups is 1. The molecule has 0 aromatic heterocycles. The summed E-state index contributed by atoms with van der Waals surface area (Å²) >= 11 is 1.76. The van der Waals surface area contributed by atoms with Gasteiger partial charge in [-0.2, -0.15) is 0 Å². The van der Waals surface area contributed by atoms with E-state index in [2.05, 4.69) is 54.8 Å². The zero-order valence-corrected chi connectivity index (χ0v) is 12.7. The summed E-state index contributed by atoms with van der Waals surface area (Å²) < 4.78 is 0. The highest BCUT2D eigenvalue weighted by Gasteiger charge is 2.20. The fourth-order valence-electron chi connectivity index (χ4n) is 2.75. The molecular weight excluding hydrogens is 262 g/mol. The van der Waals surface area contributed by atoms with Gasteiger partial charge in [0.25, 0.3) is 0 Å². The van der Waals surface area contributed by atoms with Crippen molar-refractivity contribution in [1.29, 1.82) is 0 Å². The van der Waals surface area contributed by atoms with Crippen molar-refractivity contribution >= 4 is 11.8 Å². The van der Waals surface area contributed by atoms with Gasteiger partial charge < -0.3 is 5.73 Å². The summed E-state index contributed by atoms with van der Waals surface area (Å²) in [4.78, 5) is 1.28. The van der Waals surface area contributed by atoms with Crippen LogP contribution in [0.1, 0.15) is 47.9 Å². The minimum Gasteiger partial charge on any atom is -0.320 e. The summed E-state index contributed by atoms with van der Waals surface area (Å²) in [6.07, 6.45) is 6.14. The third kappa shape index (κ3) is 2.77. The maximum atomic E-state index is 6.43. The molecule has 2 N–H and O–H groups in total. The van der Waals surface area contributed by atoms with Crippen molar-refractivity contribution in [2.45, 2.75) is 36.1 Å². The highest BCUT2D eigenvalue weighted by atomic mass is 32.2. The molecule has 2 aromatic rings. The van der Waals surface area contributed by atoms with Crippen molar-refractivity contribution in [2.24, 2.45) is 5.73 Å². The predicted molar refractivity (Wildman–Crippen MR) is 87.3 cm³/mol. The molecule has 0 spiro atoms. The highest BCUT2D eigenvalue weighted by molar-refractivity contribution is 7.98. The van der Waals surface area contributed by atoms with Crippen LogP contribution in [-0.4, -0.2) is 6.26 Å². The van der Waals surface area contributed by atoms with E-state index in [-0.39, 0.29) is 6.04 Å². The first-order valence-corrected chi connectivity index (χ1v) is 8.50. The molecule has 104 valence electrons. The summed E-state index contributed by atoms with van der Waals surface area (Å²) in [6.45, 7) is 0. The summed E-state index contributed by atoms with van der Waals surface area (Å²) in [6, 6.07) is 17.4. The van der Waals surface area contributed by atoms with E-state index in [1.165, 1.54) is 40.8 Å². The molecule has 20 heavy (non-hydrogen) atoms. The lowest BCUT2D eigenvalue weighted by Crippen LogP contribution is -2.14. The third-order valence-electron chi connectivity index (χ3n) is 4.32. The van der Waals surface area contributed by atoms with E-state index in [1.807, 2.05) is 0 Å². The first-order chi connectivity index (χ1) is 9.78. The zero-order valence-electron chi connectivity index (χ0n) is 11.9. The van der Waals surface area contributed by atoms with Crippen molar-refractivity contribution in [1.82, 2.24) is 0 Å². The van der Waals surface area contributed by atoms with Crippen LogP contribution in [0.2, 0.25) is 0 Å². The van der Waals surface area contributed by atoms with Crippen molar-refractivity contribution in [3.05, 3.63) is 65.2 Å². The molecule has 1 fully saturated rings. The van der Waals surface area contributed by atoms with Crippen molar-refractivity contribution < 1.29 is 0 Å². The molecule has 1 aliphatic carbocycles. The Balaban J connectivity index is 1.83. The largest absolute Gasteiger partial charge is 0.320 e. The van der Waals surface area contributed by atoms with Gasteiger partial charge in [-0.1, -0.05) is 42.8 Å². The van der Waals surface area contributed by atoms with E-state index in [1.54, 1.807) is 11.8 Å². The molecule has 1 unspecified atom stereocenters. The Morgan fingerprint density at radius 3 is 2.40 bits per heavy atom. The van der Waals surface area contributed by atoms with Crippen molar-refractivity contribution in [2.75, 3.05) is 6.26 Å². The van der Waals surface area contributed by atoms with Gasteiger partial charge >= 0.3 is 0 Å². The molecule has 3 rings (SSSR count). The molecule has 0 saturated heterocycles. The Bertz CT molecular complexity index is 572. The van der Waals surface area contributed by atoms with Gasteiger partial charge in [-0.05, 0) is 53.8 Å². The first kappa shape index (κ1) is 13.7. The Labute approximate surface area is 125 Å². The number of benzene rings is 2. The van der Waals surface area contributed by atoms with Crippen LogP contribution in [0.3, 0.4) is 0 Å². The van der Waals surface area contributed by atoms with Gasteiger partial charge in [-0.25, -0.2) is 0 Å². The maximum absolute atomic E-state index is 6.43. The molecule has 1 aliphatic rings. The minimum absolute atomic E-state index is 0.0223. The van der Waals surface area contributed by atoms with E-state index >= 15 is 0 Å². The Morgan fingerprint density at radius 1 is 1.05 bits per heavy atom. The number of nitrogens with two attached hydrogens (primary N) is 1. The lowest BCUT2D eigenvalue weighted by atomic mass is 9.79. The van der Waals surface area contributed by atoms with Crippen LogP contribution in [0.5, 0.6) is 0 Å². The topological polar surface area (TPSA) is 26.0 Å². The zero-order chi connectivity index (χ0) is 13.9. The van der Waals surface area contributed by atoms with Crippen LogP contribution >= 0.6 is 11.8 Å². The summed E-state index contributed by atoms with van der Waals surface area (Å²) in [5.74, 6) is 0.765.